The highest BCUT2D eigenvalue weighted by molar-refractivity contribution is 6.30. The van der Waals surface area contributed by atoms with Gasteiger partial charge in [0.1, 0.15) is 0 Å². The molecule has 0 radical (unpaired) electrons. The maximum atomic E-state index is 9.82. The summed E-state index contributed by atoms with van der Waals surface area (Å²) in [4.78, 5) is 19.2. The molecule has 0 aromatic heterocycles. The lowest BCUT2D eigenvalue weighted by Crippen LogP contribution is -2.03. The van der Waals surface area contributed by atoms with E-state index in [1.54, 1.807) is 6.92 Å². The van der Waals surface area contributed by atoms with Gasteiger partial charge < -0.3 is 4.74 Å². The molecule has 0 heterocycles. The van der Waals surface area contributed by atoms with Crippen LogP contribution in [0.15, 0.2) is 30.3 Å². The first-order chi connectivity index (χ1) is 6.70. The Hall–Kier alpha value is -1.35. The van der Waals surface area contributed by atoms with E-state index >= 15 is 0 Å². The lowest BCUT2D eigenvalue weighted by atomic mass is 10.4. The first-order valence-electron chi connectivity index (χ1n) is 4.03. The Morgan fingerprint density at radius 1 is 1.43 bits per heavy atom. The molecule has 0 fully saturated rings. The Morgan fingerprint density at radius 3 is 2.21 bits per heavy atom. The Bertz CT molecular complexity index is 272. The van der Waals surface area contributed by atoms with Gasteiger partial charge in [-0.1, -0.05) is 29.8 Å². The molecule has 4 heteroatoms. The smallest absolute Gasteiger partial charge is 0.371 e. The maximum Gasteiger partial charge on any atom is 0.371 e. The zero-order chi connectivity index (χ0) is 10.8. The molecule has 0 unspecified atom stereocenters. The molecule has 0 spiro atoms. The number of aldehydes is 1. The minimum atomic E-state index is -0.803. The van der Waals surface area contributed by atoms with Gasteiger partial charge in [-0.15, -0.1) is 0 Å². The van der Waals surface area contributed by atoms with E-state index in [2.05, 4.69) is 4.74 Å². The molecule has 3 nitrogen and oxygen atoms in total. The van der Waals surface area contributed by atoms with Crippen molar-refractivity contribution in [1.82, 2.24) is 0 Å². The molecule has 14 heavy (non-hydrogen) atoms. The third kappa shape index (κ3) is 7.31. The molecule has 0 saturated heterocycles. The topological polar surface area (TPSA) is 43.4 Å². The molecule has 0 saturated carbocycles. The number of benzene rings is 1. The van der Waals surface area contributed by atoms with Crippen LogP contribution in [0.1, 0.15) is 6.92 Å². The zero-order valence-electron chi connectivity index (χ0n) is 7.77. The van der Waals surface area contributed by atoms with E-state index in [1.165, 1.54) is 0 Å². The summed E-state index contributed by atoms with van der Waals surface area (Å²) in [5.74, 6) is -0.803. The Labute approximate surface area is 87.6 Å². The SMILES string of the molecule is CCOC(=O)C=O.Clc1ccccc1. The fraction of sp³-hybridized carbons (Fsp3) is 0.200. The van der Waals surface area contributed by atoms with Crippen molar-refractivity contribution in [3.63, 3.8) is 0 Å². The standard InChI is InChI=1S/C6H5Cl.C4H6O3/c7-6-4-2-1-3-5-6;1-2-7-4(6)3-5/h1-5H;3H,2H2,1H3. The van der Waals surface area contributed by atoms with Crippen LogP contribution in [0.25, 0.3) is 0 Å². The quantitative estimate of drug-likeness (QED) is 0.430. The molecule has 1 aromatic carbocycles. The van der Waals surface area contributed by atoms with Gasteiger partial charge in [-0.25, -0.2) is 4.79 Å². The monoisotopic (exact) mass is 214 g/mol. The second-order valence-corrected chi connectivity index (χ2v) is 2.60. The number of hydrogen-bond acceptors (Lipinski definition) is 3. The summed E-state index contributed by atoms with van der Waals surface area (Å²) >= 11 is 5.54. The summed E-state index contributed by atoms with van der Waals surface area (Å²) in [5, 5.41) is 0.794. The molecule has 76 valence electrons. The fourth-order valence-electron chi connectivity index (χ4n) is 0.591. The number of carbonyl (C=O) groups excluding carboxylic acids is 2. The van der Waals surface area contributed by atoms with Crippen molar-refractivity contribution in [3.8, 4) is 0 Å². The van der Waals surface area contributed by atoms with E-state index in [9.17, 15) is 9.59 Å². The van der Waals surface area contributed by atoms with Gasteiger partial charge in [-0.05, 0) is 19.1 Å². The Morgan fingerprint density at radius 2 is 2.00 bits per heavy atom. The summed E-state index contributed by atoms with van der Waals surface area (Å²) < 4.78 is 4.18. The normalized spacial score (nSPS) is 8.14. The van der Waals surface area contributed by atoms with Gasteiger partial charge in [-0.3, -0.25) is 4.79 Å². The predicted molar refractivity (Wildman–Crippen MR) is 54.1 cm³/mol. The van der Waals surface area contributed by atoms with E-state index < -0.39 is 5.97 Å². The molecular weight excluding hydrogens is 204 g/mol. The molecule has 0 atom stereocenters. The number of hydrogen-bond donors (Lipinski definition) is 0. The van der Waals surface area contributed by atoms with Crippen LogP contribution < -0.4 is 0 Å². The van der Waals surface area contributed by atoms with E-state index in [0.29, 0.717) is 0 Å². The van der Waals surface area contributed by atoms with Crippen LogP contribution in [0.3, 0.4) is 0 Å². The molecule has 0 amide bonds. The minimum absolute atomic E-state index is 0.142. The van der Waals surface area contributed by atoms with Gasteiger partial charge in [0.15, 0.2) is 0 Å². The summed E-state index contributed by atoms with van der Waals surface area (Å²) in [5.41, 5.74) is 0. The number of rotatable bonds is 2. The van der Waals surface area contributed by atoms with Gasteiger partial charge in [0.2, 0.25) is 6.29 Å². The number of carbonyl (C=O) groups is 2. The average molecular weight is 215 g/mol. The predicted octanol–water partition coefficient (Wildman–Crippen LogP) is 2.09. The van der Waals surface area contributed by atoms with Crippen molar-refractivity contribution >= 4 is 23.9 Å². The average Bonchev–Trinajstić information content (AvgIpc) is 2.20. The lowest BCUT2D eigenvalue weighted by Gasteiger charge is -1.88. The second-order valence-electron chi connectivity index (χ2n) is 2.17. The number of ether oxygens (including phenoxy) is 1. The summed E-state index contributed by atoms with van der Waals surface area (Å²) in [6.45, 7) is 1.90. The number of halogens is 1. The molecule has 0 bridgehead atoms. The van der Waals surface area contributed by atoms with Gasteiger partial charge >= 0.3 is 5.97 Å². The molecule has 0 N–H and O–H groups in total. The largest absolute Gasteiger partial charge is 0.460 e. The van der Waals surface area contributed by atoms with E-state index in [-0.39, 0.29) is 12.9 Å². The van der Waals surface area contributed by atoms with Gasteiger partial charge in [0, 0.05) is 5.02 Å². The van der Waals surface area contributed by atoms with Crippen molar-refractivity contribution < 1.29 is 14.3 Å². The lowest BCUT2D eigenvalue weighted by molar-refractivity contribution is -0.148. The van der Waals surface area contributed by atoms with Gasteiger partial charge in [0.05, 0.1) is 6.61 Å². The Kier molecular flexibility index (Phi) is 7.46. The summed E-state index contributed by atoms with van der Waals surface area (Å²) in [6.07, 6.45) is 0.142. The molecule has 1 rings (SSSR count). The van der Waals surface area contributed by atoms with Crippen LogP contribution in [-0.2, 0) is 14.3 Å². The van der Waals surface area contributed by atoms with Crippen molar-refractivity contribution in [2.24, 2.45) is 0 Å². The van der Waals surface area contributed by atoms with Crippen LogP contribution in [0.5, 0.6) is 0 Å². The van der Waals surface area contributed by atoms with Crippen LogP contribution in [0.2, 0.25) is 5.02 Å². The van der Waals surface area contributed by atoms with Crippen LogP contribution in [0, 0.1) is 0 Å². The minimum Gasteiger partial charge on any atom is -0.460 e. The van der Waals surface area contributed by atoms with E-state index in [0.717, 1.165) is 5.02 Å². The van der Waals surface area contributed by atoms with E-state index in [4.69, 9.17) is 11.6 Å². The van der Waals surface area contributed by atoms with Crippen molar-refractivity contribution in [2.75, 3.05) is 6.61 Å². The molecule has 0 aliphatic carbocycles. The van der Waals surface area contributed by atoms with Crippen molar-refractivity contribution in [3.05, 3.63) is 35.4 Å². The summed E-state index contributed by atoms with van der Waals surface area (Å²) in [6, 6.07) is 9.44. The fourth-order valence-corrected chi connectivity index (χ4v) is 0.736. The van der Waals surface area contributed by atoms with Crippen molar-refractivity contribution in [1.29, 1.82) is 0 Å². The first kappa shape index (κ1) is 12.7. The van der Waals surface area contributed by atoms with Crippen LogP contribution in [-0.4, -0.2) is 18.9 Å². The third-order valence-electron chi connectivity index (χ3n) is 1.12. The highest BCUT2D eigenvalue weighted by atomic mass is 35.5. The third-order valence-corrected chi connectivity index (χ3v) is 1.37. The van der Waals surface area contributed by atoms with Gasteiger partial charge in [0.25, 0.3) is 0 Å². The highest BCUT2D eigenvalue weighted by Gasteiger charge is 1.91. The maximum absolute atomic E-state index is 9.82. The summed E-state index contributed by atoms with van der Waals surface area (Å²) in [7, 11) is 0. The zero-order valence-corrected chi connectivity index (χ0v) is 8.53. The highest BCUT2D eigenvalue weighted by Crippen LogP contribution is 2.03. The first-order valence-corrected chi connectivity index (χ1v) is 4.41. The van der Waals surface area contributed by atoms with E-state index in [1.807, 2.05) is 30.3 Å². The van der Waals surface area contributed by atoms with Crippen LogP contribution in [0.4, 0.5) is 0 Å². The van der Waals surface area contributed by atoms with Crippen molar-refractivity contribution in [2.45, 2.75) is 6.92 Å². The molecular formula is C10H11ClO3. The molecule has 1 aromatic rings. The molecule has 0 aliphatic rings. The van der Waals surface area contributed by atoms with Crippen LogP contribution >= 0.6 is 11.6 Å². The molecule has 0 aliphatic heterocycles. The number of esters is 1. The van der Waals surface area contributed by atoms with Gasteiger partial charge in [-0.2, -0.15) is 0 Å². The second kappa shape index (κ2) is 8.26. The Balaban J connectivity index is 0.000000241.